The minimum Gasteiger partial charge on any atom is -0.207 e. The second kappa shape index (κ2) is 4.99. The van der Waals surface area contributed by atoms with E-state index in [9.17, 15) is 26.3 Å². The van der Waals surface area contributed by atoms with Gasteiger partial charge >= 0.3 is 0 Å². The maximum Gasteiger partial charge on any atom is 0.207 e. The van der Waals surface area contributed by atoms with Gasteiger partial charge in [0.25, 0.3) is 0 Å². The zero-order valence-electron chi connectivity index (χ0n) is 9.28. The molecule has 0 aliphatic rings. The summed E-state index contributed by atoms with van der Waals surface area (Å²) in [5.74, 6) is -7.33. The van der Waals surface area contributed by atoms with E-state index in [1.54, 1.807) is 0 Å². The fraction of sp³-hybridized carbons (Fsp3) is 0. The predicted octanol–water partition coefficient (Wildman–Crippen LogP) is 1.91. The Morgan fingerprint density at radius 1 is 0.526 bits per heavy atom. The first-order valence-electron chi connectivity index (χ1n) is 5.15. The van der Waals surface area contributed by atoms with Gasteiger partial charge < -0.3 is 0 Å². The van der Waals surface area contributed by atoms with Crippen molar-refractivity contribution in [3.63, 3.8) is 0 Å². The molecule has 0 fully saturated rings. The Bertz CT molecular complexity index is 539. The Hall–Kier alpha value is -1.92. The molecule has 0 aliphatic heterocycles. The van der Waals surface area contributed by atoms with Crippen LogP contribution < -0.4 is 10.9 Å². The standard InChI is InChI=1S/C12H5BF6/c14-5-1-7(16)11(8(17)2-5)13-12-9(18)3-6(15)4-10(12)19/h1-4,13H. The lowest BCUT2D eigenvalue weighted by Gasteiger charge is -2.07. The monoisotopic (exact) mass is 274 g/mol. The Morgan fingerprint density at radius 2 is 0.789 bits per heavy atom. The second-order valence-corrected chi connectivity index (χ2v) is 3.87. The summed E-state index contributed by atoms with van der Waals surface area (Å²) in [6.07, 6.45) is 0. The molecule has 2 aromatic rings. The van der Waals surface area contributed by atoms with Crippen LogP contribution >= 0.6 is 0 Å². The lowest BCUT2D eigenvalue weighted by Crippen LogP contribution is -2.36. The van der Waals surface area contributed by atoms with E-state index in [1.165, 1.54) is 0 Å². The normalized spacial score (nSPS) is 10.6. The Kier molecular flexibility index (Phi) is 3.55. The van der Waals surface area contributed by atoms with Crippen molar-refractivity contribution in [1.29, 1.82) is 0 Å². The first kappa shape index (κ1) is 13.5. The first-order valence-corrected chi connectivity index (χ1v) is 5.15. The van der Waals surface area contributed by atoms with Gasteiger partial charge in [0, 0.05) is 24.3 Å². The van der Waals surface area contributed by atoms with Crippen LogP contribution in [0, 0.1) is 34.9 Å². The predicted molar refractivity (Wildman–Crippen MR) is 59.0 cm³/mol. The first-order chi connectivity index (χ1) is 8.88. The molecule has 0 saturated heterocycles. The fourth-order valence-corrected chi connectivity index (χ4v) is 1.66. The highest BCUT2D eigenvalue weighted by Crippen LogP contribution is 2.07. The van der Waals surface area contributed by atoms with Crippen LogP contribution in [0.15, 0.2) is 24.3 Å². The highest BCUT2D eigenvalue weighted by molar-refractivity contribution is 6.67. The minimum absolute atomic E-state index is 0.401. The fourth-order valence-electron chi connectivity index (χ4n) is 1.66. The van der Waals surface area contributed by atoms with Gasteiger partial charge in [-0.2, -0.15) is 0 Å². The topological polar surface area (TPSA) is 0 Å². The third kappa shape index (κ3) is 2.75. The molecular formula is C12H5BF6. The number of halogens is 6. The Balaban J connectivity index is 2.48. The molecular weight excluding hydrogens is 269 g/mol. The molecule has 2 aromatic carbocycles. The van der Waals surface area contributed by atoms with Gasteiger partial charge in [0.1, 0.15) is 34.9 Å². The lowest BCUT2D eigenvalue weighted by atomic mass is 9.63. The summed E-state index contributed by atoms with van der Waals surface area (Å²) in [7, 11) is -0.782. The molecule has 0 amide bonds. The molecule has 0 bridgehead atoms. The molecule has 0 heterocycles. The van der Waals surface area contributed by atoms with Crippen LogP contribution in [-0.4, -0.2) is 7.28 Å². The van der Waals surface area contributed by atoms with Gasteiger partial charge in [-0.3, -0.25) is 0 Å². The van der Waals surface area contributed by atoms with Crippen LogP contribution in [0.1, 0.15) is 0 Å². The van der Waals surface area contributed by atoms with Gasteiger partial charge in [0.2, 0.25) is 7.28 Å². The zero-order chi connectivity index (χ0) is 14.2. The van der Waals surface area contributed by atoms with Crippen molar-refractivity contribution in [3.05, 3.63) is 59.2 Å². The summed E-state index contributed by atoms with van der Waals surface area (Å²) in [4.78, 5) is 0. The summed E-state index contributed by atoms with van der Waals surface area (Å²) in [5.41, 5.74) is -1.38. The van der Waals surface area contributed by atoms with Crippen molar-refractivity contribution in [1.82, 2.24) is 0 Å². The summed E-state index contributed by atoms with van der Waals surface area (Å²) < 4.78 is 78.7. The van der Waals surface area contributed by atoms with Crippen molar-refractivity contribution in [2.75, 3.05) is 0 Å². The molecule has 0 aliphatic carbocycles. The molecule has 0 saturated carbocycles. The van der Waals surface area contributed by atoms with Crippen LogP contribution in [0.5, 0.6) is 0 Å². The van der Waals surface area contributed by atoms with Crippen LogP contribution in [0.4, 0.5) is 26.3 Å². The average molecular weight is 274 g/mol. The SMILES string of the molecule is Fc1cc(F)c(Bc2c(F)cc(F)cc2F)c(F)c1. The smallest absolute Gasteiger partial charge is 0.207 e. The number of rotatable bonds is 2. The maximum absolute atomic E-state index is 13.3. The number of hydrogen-bond donors (Lipinski definition) is 0. The van der Waals surface area contributed by atoms with Gasteiger partial charge in [-0.15, -0.1) is 0 Å². The van der Waals surface area contributed by atoms with Gasteiger partial charge in [-0.25, -0.2) is 26.3 Å². The van der Waals surface area contributed by atoms with Gasteiger partial charge in [-0.05, 0) is 10.9 Å². The van der Waals surface area contributed by atoms with E-state index in [4.69, 9.17) is 0 Å². The third-order valence-electron chi connectivity index (χ3n) is 2.57. The van der Waals surface area contributed by atoms with E-state index < -0.39 is 53.1 Å². The molecule has 0 unspecified atom stereocenters. The van der Waals surface area contributed by atoms with Crippen molar-refractivity contribution < 1.29 is 26.3 Å². The largest absolute Gasteiger partial charge is 0.207 e. The van der Waals surface area contributed by atoms with E-state index >= 15 is 0 Å². The van der Waals surface area contributed by atoms with E-state index in [0.29, 0.717) is 24.3 Å². The van der Waals surface area contributed by atoms with Crippen LogP contribution in [-0.2, 0) is 0 Å². The van der Waals surface area contributed by atoms with Gasteiger partial charge in [0.15, 0.2) is 0 Å². The average Bonchev–Trinajstić information content (AvgIpc) is 2.25. The molecule has 19 heavy (non-hydrogen) atoms. The van der Waals surface area contributed by atoms with Crippen molar-refractivity contribution >= 4 is 18.2 Å². The van der Waals surface area contributed by atoms with E-state index in [-0.39, 0.29) is 0 Å². The quantitative estimate of drug-likeness (QED) is 0.579. The summed E-state index contributed by atoms with van der Waals surface area (Å²) in [5, 5.41) is 0. The van der Waals surface area contributed by atoms with Gasteiger partial charge in [-0.1, -0.05) is 0 Å². The summed E-state index contributed by atoms with van der Waals surface area (Å²) in [6, 6.07) is 1.60. The molecule has 98 valence electrons. The zero-order valence-corrected chi connectivity index (χ0v) is 9.28. The highest BCUT2D eigenvalue weighted by atomic mass is 19.2. The molecule has 7 heteroatoms. The molecule has 0 N–H and O–H groups in total. The third-order valence-corrected chi connectivity index (χ3v) is 2.57. The number of hydrogen-bond acceptors (Lipinski definition) is 0. The molecule has 2 rings (SSSR count). The highest BCUT2D eigenvalue weighted by Gasteiger charge is 2.19. The van der Waals surface area contributed by atoms with Crippen molar-refractivity contribution in [2.45, 2.75) is 0 Å². The minimum atomic E-state index is -1.26. The Labute approximate surface area is 104 Å². The molecule has 0 atom stereocenters. The van der Waals surface area contributed by atoms with E-state index in [0.717, 1.165) is 0 Å². The molecule has 0 spiro atoms. The number of benzene rings is 2. The van der Waals surface area contributed by atoms with E-state index in [2.05, 4.69) is 0 Å². The lowest BCUT2D eigenvalue weighted by molar-refractivity contribution is 0.551. The summed E-state index contributed by atoms with van der Waals surface area (Å²) >= 11 is 0. The molecule has 0 aromatic heterocycles. The molecule has 0 nitrogen and oxygen atoms in total. The van der Waals surface area contributed by atoms with Crippen LogP contribution in [0.2, 0.25) is 0 Å². The summed E-state index contributed by atoms with van der Waals surface area (Å²) in [6.45, 7) is 0. The van der Waals surface area contributed by atoms with Crippen molar-refractivity contribution in [3.8, 4) is 0 Å². The van der Waals surface area contributed by atoms with Crippen LogP contribution in [0.3, 0.4) is 0 Å². The van der Waals surface area contributed by atoms with E-state index in [1.807, 2.05) is 0 Å². The molecule has 0 radical (unpaired) electrons. The second-order valence-electron chi connectivity index (χ2n) is 3.87. The Morgan fingerprint density at radius 3 is 1.05 bits per heavy atom. The maximum atomic E-state index is 13.3. The van der Waals surface area contributed by atoms with Crippen molar-refractivity contribution in [2.24, 2.45) is 0 Å². The van der Waals surface area contributed by atoms with Crippen LogP contribution in [0.25, 0.3) is 0 Å². The van der Waals surface area contributed by atoms with Gasteiger partial charge in [0.05, 0.1) is 0 Å².